The predicted molar refractivity (Wildman–Crippen MR) is 102 cm³/mol. The fourth-order valence-corrected chi connectivity index (χ4v) is 3.52. The van der Waals surface area contributed by atoms with Crippen molar-refractivity contribution in [2.75, 3.05) is 13.9 Å². The Labute approximate surface area is 166 Å². The number of rotatable bonds is 6. The van der Waals surface area contributed by atoms with E-state index in [4.69, 9.17) is 32.7 Å². The first-order valence-electron chi connectivity index (χ1n) is 7.94. The molecular weight excluding hydrogens is 393 g/mol. The van der Waals surface area contributed by atoms with Crippen molar-refractivity contribution in [2.24, 2.45) is 10.9 Å². The molecule has 0 aliphatic carbocycles. The van der Waals surface area contributed by atoms with Crippen molar-refractivity contribution in [3.63, 3.8) is 0 Å². The topological polar surface area (TPSA) is 82.0 Å². The molecular formula is C19H17Cl2NO5. The molecule has 1 aliphatic heterocycles. The van der Waals surface area contributed by atoms with Gasteiger partial charge in [-0.15, -0.1) is 0 Å². The van der Waals surface area contributed by atoms with E-state index in [1.807, 2.05) is 0 Å². The van der Waals surface area contributed by atoms with Crippen LogP contribution in [0, 0.1) is 5.92 Å². The van der Waals surface area contributed by atoms with Gasteiger partial charge in [0, 0.05) is 30.0 Å². The predicted octanol–water partition coefficient (Wildman–Crippen LogP) is 3.55. The number of esters is 1. The third kappa shape index (κ3) is 4.37. The highest BCUT2D eigenvalue weighted by Crippen LogP contribution is 2.44. The van der Waals surface area contributed by atoms with Crippen LogP contribution in [0.2, 0.25) is 10.0 Å². The number of methoxy groups -OCH3 is 1. The monoisotopic (exact) mass is 409 g/mol. The van der Waals surface area contributed by atoms with Crippen LogP contribution in [0.15, 0.2) is 40.5 Å². The van der Waals surface area contributed by atoms with Gasteiger partial charge >= 0.3 is 5.97 Å². The fraction of sp³-hybridized carbons (Fsp3) is 0.316. The van der Waals surface area contributed by atoms with Gasteiger partial charge in [-0.1, -0.05) is 35.3 Å². The summed E-state index contributed by atoms with van der Waals surface area (Å²) < 4.78 is 9.90. The van der Waals surface area contributed by atoms with Gasteiger partial charge in [-0.3, -0.25) is 14.6 Å². The van der Waals surface area contributed by atoms with Crippen LogP contribution in [-0.2, 0) is 23.9 Å². The molecule has 0 aromatic heterocycles. The molecule has 0 saturated carbocycles. The molecule has 1 heterocycles. The minimum absolute atomic E-state index is 0.160. The van der Waals surface area contributed by atoms with E-state index in [0.717, 1.165) is 6.08 Å². The third-order valence-electron chi connectivity index (χ3n) is 4.17. The summed E-state index contributed by atoms with van der Waals surface area (Å²) in [7, 11) is 1.38. The van der Waals surface area contributed by atoms with Crippen LogP contribution in [-0.4, -0.2) is 37.3 Å². The first kappa shape index (κ1) is 21.1. The largest absolute Gasteiger partial charge is 0.438 e. The fourth-order valence-electron chi connectivity index (χ4n) is 3.10. The summed E-state index contributed by atoms with van der Waals surface area (Å²) in [6, 6.07) is 4.92. The molecule has 1 aromatic carbocycles. The van der Waals surface area contributed by atoms with Gasteiger partial charge in [-0.25, -0.2) is 4.79 Å². The van der Waals surface area contributed by atoms with E-state index in [9.17, 15) is 14.4 Å². The Kier molecular flexibility index (Phi) is 7.11. The van der Waals surface area contributed by atoms with Crippen molar-refractivity contribution in [3.8, 4) is 0 Å². The normalized spacial score (nSPS) is 19.2. The molecule has 0 radical (unpaired) electrons. The van der Waals surface area contributed by atoms with E-state index in [-0.39, 0.29) is 22.4 Å². The smallest absolute Gasteiger partial charge is 0.317 e. The van der Waals surface area contributed by atoms with Crippen LogP contribution in [0.5, 0.6) is 0 Å². The summed E-state index contributed by atoms with van der Waals surface area (Å²) in [4.78, 5) is 40.3. The maximum Gasteiger partial charge on any atom is 0.317 e. The summed E-state index contributed by atoms with van der Waals surface area (Å²) in [6.45, 7) is 3.03. The van der Waals surface area contributed by atoms with Gasteiger partial charge < -0.3 is 9.47 Å². The van der Waals surface area contributed by atoms with Crippen molar-refractivity contribution < 1.29 is 23.9 Å². The van der Waals surface area contributed by atoms with Gasteiger partial charge in [-0.05, 0) is 25.5 Å². The summed E-state index contributed by atoms with van der Waals surface area (Å²) >= 11 is 12.5. The zero-order valence-electron chi connectivity index (χ0n) is 14.9. The van der Waals surface area contributed by atoms with Crippen molar-refractivity contribution in [1.29, 1.82) is 0 Å². The number of nitrogens with zero attached hydrogens (tertiary/aromatic N) is 1. The van der Waals surface area contributed by atoms with Gasteiger partial charge in [0.15, 0.2) is 12.6 Å². The highest BCUT2D eigenvalue weighted by Gasteiger charge is 2.42. The number of allylic oxidation sites excluding steroid dienone is 3. The highest BCUT2D eigenvalue weighted by atomic mass is 35.5. The van der Waals surface area contributed by atoms with Crippen LogP contribution in [0.3, 0.4) is 0 Å². The number of carbonyl (C=O) groups is 2. The van der Waals surface area contributed by atoms with Crippen LogP contribution in [0.25, 0.3) is 0 Å². The first-order valence-corrected chi connectivity index (χ1v) is 8.69. The average molecular weight is 410 g/mol. The third-order valence-corrected chi connectivity index (χ3v) is 5.01. The van der Waals surface area contributed by atoms with Gasteiger partial charge in [-0.2, -0.15) is 0 Å². The van der Waals surface area contributed by atoms with Gasteiger partial charge in [0.25, 0.3) is 0 Å². The molecule has 27 heavy (non-hydrogen) atoms. The SMILES string of the molecule is COCOC(=O)C1C(C)=NC(C)=C(C(=O)C=C=O)C1c1cccc(Cl)c1Cl. The zero-order valence-corrected chi connectivity index (χ0v) is 16.4. The zero-order chi connectivity index (χ0) is 20.1. The molecule has 8 heteroatoms. The maximum atomic E-state index is 12.7. The Bertz CT molecular complexity index is 884. The number of hydrogen-bond acceptors (Lipinski definition) is 6. The molecule has 2 atom stereocenters. The number of ketones is 1. The van der Waals surface area contributed by atoms with E-state index in [0.29, 0.717) is 17.0 Å². The average Bonchev–Trinajstić information content (AvgIpc) is 2.61. The van der Waals surface area contributed by atoms with Crippen LogP contribution in [0.1, 0.15) is 25.3 Å². The van der Waals surface area contributed by atoms with Crippen molar-refractivity contribution in [3.05, 3.63) is 51.2 Å². The van der Waals surface area contributed by atoms with Crippen molar-refractivity contribution >= 4 is 46.6 Å². The molecule has 2 rings (SSSR count). The lowest BCUT2D eigenvalue weighted by Gasteiger charge is -2.32. The Morgan fingerprint density at radius 1 is 1.30 bits per heavy atom. The lowest BCUT2D eigenvalue weighted by molar-refractivity contribution is -0.157. The summed E-state index contributed by atoms with van der Waals surface area (Å²) in [5, 5.41) is 0.477. The minimum atomic E-state index is -0.932. The second-order valence-corrected chi connectivity index (χ2v) is 6.63. The molecule has 0 spiro atoms. The Morgan fingerprint density at radius 3 is 2.63 bits per heavy atom. The molecule has 2 unspecified atom stereocenters. The molecule has 0 saturated heterocycles. The van der Waals surface area contributed by atoms with Crippen molar-refractivity contribution in [1.82, 2.24) is 0 Å². The number of carbonyl (C=O) groups excluding carboxylic acids is 3. The Balaban J connectivity index is 2.71. The lowest BCUT2D eigenvalue weighted by atomic mass is 9.74. The molecule has 0 amide bonds. The first-order chi connectivity index (χ1) is 12.8. The number of halogens is 2. The number of hydrogen-bond donors (Lipinski definition) is 0. The summed E-state index contributed by atoms with van der Waals surface area (Å²) in [5.41, 5.74) is 1.44. The van der Waals surface area contributed by atoms with Gasteiger partial charge in [0.1, 0.15) is 11.9 Å². The standard InChI is InChI=1S/C19H17Cl2NO5/c1-10-15(14(24)7-8-23)17(12-5-4-6-13(20)18(12)21)16(11(2)22-10)19(25)27-9-26-3/h4-7,16-17H,9H2,1-3H3. The molecule has 1 aromatic rings. The molecule has 6 nitrogen and oxygen atoms in total. The van der Waals surface area contributed by atoms with Gasteiger partial charge in [0.2, 0.25) is 0 Å². The van der Waals surface area contributed by atoms with Gasteiger partial charge in [0.05, 0.1) is 16.1 Å². The van der Waals surface area contributed by atoms with E-state index < -0.39 is 23.6 Å². The molecule has 0 N–H and O–H groups in total. The molecule has 142 valence electrons. The van der Waals surface area contributed by atoms with Crippen LogP contribution >= 0.6 is 23.2 Å². The number of ether oxygens (including phenoxy) is 2. The molecule has 0 bridgehead atoms. The highest BCUT2D eigenvalue weighted by molar-refractivity contribution is 6.42. The van der Waals surface area contributed by atoms with E-state index >= 15 is 0 Å². The van der Waals surface area contributed by atoms with E-state index in [1.165, 1.54) is 13.1 Å². The van der Waals surface area contributed by atoms with Crippen LogP contribution < -0.4 is 0 Å². The lowest BCUT2D eigenvalue weighted by Crippen LogP contribution is -2.36. The minimum Gasteiger partial charge on any atom is -0.438 e. The summed E-state index contributed by atoms with van der Waals surface area (Å²) in [6.07, 6.45) is 0.762. The summed E-state index contributed by atoms with van der Waals surface area (Å²) in [5.74, 6) is -1.52. The van der Waals surface area contributed by atoms with E-state index in [1.54, 1.807) is 32.0 Å². The Morgan fingerprint density at radius 2 is 2.00 bits per heavy atom. The van der Waals surface area contributed by atoms with Crippen molar-refractivity contribution in [2.45, 2.75) is 19.8 Å². The number of aliphatic imine (C=N–C) groups is 1. The van der Waals surface area contributed by atoms with E-state index in [2.05, 4.69) is 4.99 Å². The second kappa shape index (κ2) is 9.11. The maximum absolute atomic E-state index is 12.7. The Hall–Kier alpha value is -2.24. The molecule has 1 aliphatic rings. The number of benzene rings is 1. The molecule has 0 fully saturated rings. The quantitative estimate of drug-likeness (QED) is 0.310. The second-order valence-electron chi connectivity index (χ2n) is 5.85. The van der Waals surface area contributed by atoms with Crippen LogP contribution in [0.4, 0.5) is 0 Å².